The molecule has 1 aromatic heterocycles. The second kappa shape index (κ2) is 8.81. The summed E-state index contributed by atoms with van der Waals surface area (Å²) in [5.74, 6) is 2.28. The zero-order valence-electron chi connectivity index (χ0n) is 16.1. The van der Waals surface area contributed by atoms with Crippen molar-refractivity contribution in [2.75, 3.05) is 38.3 Å². The third-order valence-electron chi connectivity index (χ3n) is 4.49. The van der Waals surface area contributed by atoms with Crippen molar-refractivity contribution in [1.29, 1.82) is 0 Å². The van der Waals surface area contributed by atoms with E-state index in [1.54, 1.807) is 7.11 Å². The molecular formula is C20H26N4O3. The van der Waals surface area contributed by atoms with Crippen molar-refractivity contribution in [3.63, 3.8) is 0 Å². The number of carbonyl (C=O) groups is 1. The summed E-state index contributed by atoms with van der Waals surface area (Å²) in [4.78, 5) is 23.5. The molecule has 7 nitrogen and oxygen atoms in total. The number of benzene rings is 1. The third kappa shape index (κ3) is 5.17. The Kier molecular flexibility index (Phi) is 6.24. The molecule has 0 aliphatic carbocycles. The maximum atomic E-state index is 12.3. The van der Waals surface area contributed by atoms with Gasteiger partial charge in [-0.15, -0.1) is 0 Å². The summed E-state index contributed by atoms with van der Waals surface area (Å²) in [6.07, 6.45) is 0.312. The summed E-state index contributed by atoms with van der Waals surface area (Å²) in [5.41, 5.74) is 2.85. The Hall–Kier alpha value is -2.67. The average molecular weight is 370 g/mol. The third-order valence-corrected chi connectivity index (χ3v) is 4.49. The molecule has 0 bridgehead atoms. The number of hydrogen-bond acceptors (Lipinski definition) is 6. The average Bonchev–Trinajstić information content (AvgIpc) is 2.67. The molecule has 0 saturated carbocycles. The lowest BCUT2D eigenvalue weighted by Gasteiger charge is -2.28. The smallest absolute Gasteiger partial charge is 0.224 e. The van der Waals surface area contributed by atoms with Crippen LogP contribution in [0.25, 0.3) is 0 Å². The van der Waals surface area contributed by atoms with E-state index in [1.165, 1.54) is 0 Å². The van der Waals surface area contributed by atoms with E-state index in [4.69, 9.17) is 9.47 Å². The van der Waals surface area contributed by atoms with Crippen molar-refractivity contribution in [2.24, 2.45) is 0 Å². The van der Waals surface area contributed by atoms with Crippen LogP contribution in [0.3, 0.4) is 0 Å². The van der Waals surface area contributed by atoms with Crippen molar-refractivity contribution in [3.05, 3.63) is 46.9 Å². The van der Waals surface area contributed by atoms with Gasteiger partial charge in [0.1, 0.15) is 17.4 Å². The minimum Gasteiger partial charge on any atom is -0.496 e. The molecule has 0 spiro atoms. The molecule has 0 radical (unpaired) electrons. The fourth-order valence-electron chi connectivity index (χ4n) is 3.12. The quantitative estimate of drug-likeness (QED) is 0.836. The van der Waals surface area contributed by atoms with Crippen LogP contribution in [0, 0.1) is 13.8 Å². The SMILES string of the molecule is COc1ccc(CC(=O)NCc2nc(C)cc(N3CCOCC3)n2)cc1C. The summed E-state index contributed by atoms with van der Waals surface area (Å²) < 4.78 is 10.6. The fourth-order valence-corrected chi connectivity index (χ4v) is 3.12. The number of aromatic nitrogens is 2. The lowest BCUT2D eigenvalue weighted by Crippen LogP contribution is -2.37. The van der Waals surface area contributed by atoms with E-state index in [9.17, 15) is 4.79 Å². The molecule has 0 atom stereocenters. The Bertz CT molecular complexity index is 804. The summed E-state index contributed by atoms with van der Waals surface area (Å²) in [5, 5.41) is 2.91. The number of morpholine rings is 1. The first-order chi connectivity index (χ1) is 13.0. The van der Waals surface area contributed by atoms with E-state index in [0.29, 0.717) is 32.0 Å². The lowest BCUT2D eigenvalue weighted by atomic mass is 10.1. The molecule has 1 fully saturated rings. The Morgan fingerprint density at radius 2 is 2.00 bits per heavy atom. The molecule has 0 unspecified atom stereocenters. The van der Waals surface area contributed by atoms with Gasteiger partial charge >= 0.3 is 0 Å². The number of anilines is 1. The van der Waals surface area contributed by atoms with Crippen LogP contribution in [0.4, 0.5) is 5.82 Å². The maximum Gasteiger partial charge on any atom is 0.224 e. The zero-order valence-corrected chi connectivity index (χ0v) is 16.1. The number of nitrogens with one attached hydrogen (secondary N) is 1. The van der Waals surface area contributed by atoms with Gasteiger partial charge in [0, 0.05) is 24.8 Å². The van der Waals surface area contributed by atoms with Crippen molar-refractivity contribution in [3.8, 4) is 5.75 Å². The molecule has 144 valence electrons. The predicted molar refractivity (Wildman–Crippen MR) is 103 cm³/mol. The van der Waals surface area contributed by atoms with Crippen molar-refractivity contribution < 1.29 is 14.3 Å². The molecule has 1 aliphatic heterocycles. The minimum absolute atomic E-state index is 0.0578. The van der Waals surface area contributed by atoms with Crippen molar-refractivity contribution in [1.82, 2.24) is 15.3 Å². The van der Waals surface area contributed by atoms with Crippen LogP contribution < -0.4 is 15.0 Å². The molecular weight excluding hydrogens is 344 g/mol. The molecule has 1 aromatic carbocycles. The molecule has 1 saturated heterocycles. The van der Waals surface area contributed by atoms with E-state index in [2.05, 4.69) is 20.2 Å². The molecule has 1 amide bonds. The Morgan fingerprint density at radius 1 is 1.22 bits per heavy atom. The second-order valence-corrected chi connectivity index (χ2v) is 6.64. The molecule has 27 heavy (non-hydrogen) atoms. The van der Waals surface area contributed by atoms with Gasteiger partial charge in [0.15, 0.2) is 0 Å². The van der Waals surface area contributed by atoms with E-state index < -0.39 is 0 Å². The predicted octanol–water partition coefficient (Wildman–Crippen LogP) is 1.80. The van der Waals surface area contributed by atoms with Crippen molar-refractivity contribution in [2.45, 2.75) is 26.8 Å². The van der Waals surface area contributed by atoms with Gasteiger partial charge in [-0.3, -0.25) is 4.79 Å². The summed E-state index contributed by atoms with van der Waals surface area (Å²) >= 11 is 0. The molecule has 1 N–H and O–H groups in total. The van der Waals surface area contributed by atoms with Crippen LogP contribution in [-0.2, 0) is 22.5 Å². The van der Waals surface area contributed by atoms with E-state index in [-0.39, 0.29) is 5.91 Å². The molecule has 1 aliphatic rings. The van der Waals surface area contributed by atoms with Gasteiger partial charge < -0.3 is 19.7 Å². The second-order valence-electron chi connectivity index (χ2n) is 6.64. The van der Waals surface area contributed by atoms with Crippen LogP contribution in [0.2, 0.25) is 0 Å². The minimum atomic E-state index is -0.0578. The highest BCUT2D eigenvalue weighted by Crippen LogP contribution is 2.19. The van der Waals surface area contributed by atoms with Crippen LogP contribution >= 0.6 is 0 Å². The van der Waals surface area contributed by atoms with Crippen LogP contribution in [0.1, 0.15) is 22.6 Å². The number of nitrogens with zero attached hydrogens (tertiary/aromatic N) is 3. The number of aryl methyl sites for hydroxylation is 2. The van der Waals surface area contributed by atoms with Gasteiger partial charge in [0.25, 0.3) is 0 Å². The van der Waals surface area contributed by atoms with Gasteiger partial charge in [0.2, 0.25) is 5.91 Å². The highest BCUT2D eigenvalue weighted by molar-refractivity contribution is 5.78. The van der Waals surface area contributed by atoms with Crippen LogP contribution in [-0.4, -0.2) is 49.3 Å². The summed E-state index contributed by atoms with van der Waals surface area (Å²) in [6, 6.07) is 7.73. The summed E-state index contributed by atoms with van der Waals surface area (Å²) in [7, 11) is 1.64. The Morgan fingerprint density at radius 3 is 2.70 bits per heavy atom. The van der Waals surface area contributed by atoms with Crippen LogP contribution in [0.5, 0.6) is 5.75 Å². The molecule has 3 rings (SSSR count). The molecule has 2 aromatic rings. The maximum absolute atomic E-state index is 12.3. The standard InChI is InChI=1S/C20H26N4O3/c1-14-10-16(4-5-17(14)26-3)12-20(25)21-13-18-22-15(2)11-19(23-18)24-6-8-27-9-7-24/h4-5,10-11H,6-9,12-13H2,1-3H3,(H,21,25). The monoisotopic (exact) mass is 370 g/mol. The van der Waals surface area contributed by atoms with Gasteiger partial charge in [-0.2, -0.15) is 0 Å². The van der Waals surface area contributed by atoms with E-state index in [1.807, 2.05) is 38.1 Å². The first-order valence-corrected chi connectivity index (χ1v) is 9.12. The first-order valence-electron chi connectivity index (χ1n) is 9.12. The largest absolute Gasteiger partial charge is 0.496 e. The van der Waals surface area contributed by atoms with Gasteiger partial charge in [-0.1, -0.05) is 12.1 Å². The highest BCUT2D eigenvalue weighted by atomic mass is 16.5. The molecule has 7 heteroatoms. The molecule has 2 heterocycles. The van der Waals surface area contributed by atoms with Crippen molar-refractivity contribution >= 4 is 11.7 Å². The number of methoxy groups -OCH3 is 1. The number of carbonyl (C=O) groups excluding carboxylic acids is 1. The first kappa shape index (κ1) is 19.1. The van der Waals surface area contributed by atoms with Crippen LogP contribution in [0.15, 0.2) is 24.3 Å². The zero-order chi connectivity index (χ0) is 19.2. The topological polar surface area (TPSA) is 76.6 Å². The van der Waals surface area contributed by atoms with E-state index in [0.717, 1.165) is 41.5 Å². The Labute approximate surface area is 159 Å². The normalized spacial score (nSPS) is 14.1. The highest BCUT2D eigenvalue weighted by Gasteiger charge is 2.14. The fraction of sp³-hybridized carbons (Fsp3) is 0.450. The number of hydrogen-bond donors (Lipinski definition) is 1. The number of rotatable bonds is 6. The number of amides is 1. The van der Waals surface area contributed by atoms with Gasteiger partial charge in [0.05, 0.1) is 33.3 Å². The van der Waals surface area contributed by atoms with Gasteiger partial charge in [-0.25, -0.2) is 9.97 Å². The number of ether oxygens (including phenoxy) is 2. The summed E-state index contributed by atoms with van der Waals surface area (Å²) in [6.45, 7) is 7.27. The Balaban J connectivity index is 1.59. The lowest BCUT2D eigenvalue weighted by molar-refractivity contribution is -0.120. The van der Waals surface area contributed by atoms with E-state index >= 15 is 0 Å². The van der Waals surface area contributed by atoms with Gasteiger partial charge in [-0.05, 0) is 31.0 Å².